The molecule has 4 bridgehead atoms. The summed E-state index contributed by atoms with van der Waals surface area (Å²) in [6.07, 6.45) is 7.95. The van der Waals surface area contributed by atoms with E-state index in [-0.39, 0.29) is 11.4 Å². The lowest BCUT2D eigenvalue weighted by Gasteiger charge is -2.57. The average molecular weight is 335 g/mol. The van der Waals surface area contributed by atoms with E-state index in [1.165, 1.54) is 49.9 Å². The average Bonchev–Trinajstić information content (AvgIpc) is 2.97. The molecule has 0 unspecified atom stereocenters. The number of hydrazine groups is 1. The van der Waals surface area contributed by atoms with Gasteiger partial charge in [-0.05, 0) is 79.9 Å². The molecule has 4 nitrogen and oxygen atoms in total. The van der Waals surface area contributed by atoms with Crippen LogP contribution in [0.5, 0.6) is 0 Å². The maximum Gasteiger partial charge on any atom is 0.279 e. The van der Waals surface area contributed by atoms with E-state index in [0.717, 1.165) is 17.8 Å². The number of thiophene rings is 1. The minimum Gasteiger partial charge on any atom is -0.356 e. The highest BCUT2D eigenvalue weighted by atomic mass is 32.1. The Kier molecular flexibility index (Phi) is 3.61. The fourth-order valence-corrected chi connectivity index (χ4v) is 6.01. The highest BCUT2D eigenvalue weighted by Crippen LogP contribution is 2.55. The van der Waals surface area contributed by atoms with Gasteiger partial charge in [-0.1, -0.05) is 6.07 Å². The molecule has 1 heterocycles. The Labute approximate surface area is 140 Å². The third-order valence-corrected chi connectivity index (χ3v) is 6.52. The first-order chi connectivity index (χ1) is 10.6. The molecule has 6 heteroatoms. The third kappa shape index (κ3) is 2.74. The summed E-state index contributed by atoms with van der Waals surface area (Å²) in [6.45, 7) is 0. The second-order valence-corrected chi connectivity index (χ2v) is 8.56. The predicted molar refractivity (Wildman–Crippen MR) is 91.6 cm³/mol. The van der Waals surface area contributed by atoms with Crippen molar-refractivity contribution in [3.8, 4) is 0 Å². The van der Waals surface area contributed by atoms with Crippen molar-refractivity contribution >= 4 is 34.6 Å². The minimum absolute atomic E-state index is 0.135. The summed E-state index contributed by atoms with van der Waals surface area (Å²) in [5.74, 6) is 2.50. The summed E-state index contributed by atoms with van der Waals surface area (Å²) >= 11 is 6.83. The van der Waals surface area contributed by atoms with Gasteiger partial charge in [-0.25, -0.2) is 0 Å². The van der Waals surface area contributed by atoms with Gasteiger partial charge in [0.05, 0.1) is 4.88 Å². The topological polar surface area (TPSA) is 53.2 Å². The number of thiocarbonyl (C=S) groups is 1. The lowest BCUT2D eigenvalue weighted by atomic mass is 9.53. The van der Waals surface area contributed by atoms with Crippen LogP contribution in [0.3, 0.4) is 0 Å². The first kappa shape index (κ1) is 14.5. The smallest absolute Gasteiger partial charge is 0.279 e. The van der Waals surface area contributed by atoms with Crippen molar-refractivity contribution in [2.75, 3.05) is 0 Å². The Morgan fingerprint density at radius 2 is 1.77 bits per heavy atom. The van der Waals surface area contributed by atoms with Crippen molar-refractivity contribution in [2.24, 2.45) is 17.8 Å². The summed E-state index contributed by atoms with van der Waals surface area (Å²) in [4.78, 5) is 12.6. The van der Waals surface area contributed by atoms with E-state index >= 15 is 0 Å². The van der Waals surface area contributed by atoms with Gasteiger partial charge >= 0.3 is 0 Å². The van der Waals surface area contributed by atoms with Crippen molar-refractivity contribution in [3.63, 3.8) is 0 Å². The summed E-state index contributed by atoms with van der Waals surface area (Å²) < 4.78 is 0. The van der Waals surface area contributed by atoms with E-state index in [1.54, 1.807) is 6.07 Å². The van der Waals surface area contributed by atoms with Crippen LogP contribution in [-0.4, -0.2) is 16.6 Å². The Hall–Kier alpha value is -1.14. The molecule has 0 spiro atoms. The lowest BCUT2D eigenvalue weighted by molar-refractivity contribution is -0.0102. The minimum atomic E-state index is -0.135. The number of carbonyl (C=O) groups is 1. The monoisotopic (exact) mass is 335 g/mol. The first-order valence-corrected chi connectivity index (χ1v) is 9.33. The van der Waals surface area contributed by atoms with Crippen molar-refractivity contribution in [2.45, 2.75) is 44.1 Å². The van der Waals surface area contributed by atoms with E-state index < -0.39 is 0 Å². The molecule has 1 amide bonds. The molecule has 4 aliphatic rings. The Balaban J connectivity index is 1.33. The van der Waals surface area contributed by atoms with Gasteiger partial charge in [0.25, 0.3) is 5.91 Å². The molecule has 4 aliphatic carbocycles. The van der Waals surface area contributed by atoms with Crippen LogP contribution < -0.4 is 16.2 Å². The van der Waals surface area contributed by atoms with Gasteiger partial charge < -0.3 is 5.32 Å². The largest absolute Gasteiger partial charge is 0.356 e. The van der Waals surface area contributed by atoms with Crippen LogP contribution >= 0.6 is 23.6 Å². The normalized spacial score (nSPS) is 35.2. The number of rotatable bonds is 2. The number of amides is 1. The molecular formula is C16H21N3OS2. The van der Waals surface area contributed by atoms with Crippen LogP contribution in [0.25, 0.3) is 0 Å². The molecule has 118 valence electrons. The molecule has 3 N–H and O–H groups in total. The molecule has 0 aromatic carbocycles. The maximum atomic E-state index is 11.9. The van der Waals surface area contributed by atoms with E-state index in [2.05, 4.69) is 16.2 Å². The lowest BCUT2D eigenvalue weighted by Crippen LogP contribution is -2.62. The van der Waals surface area contributed by atoms with Crippen LogP contribution in [0, 0.1) is 17.8 Å². The van der Waals surface area contributed by atoms with E-state index in [4.69, 9.17) is 12.2 Å². The number of hydrogen-bond donors (Lipinski definition) is 3. The molecule has 1 aromatic heterocycles. The molecular weight excluding hydrogens is 314 g/mol. The summed E-state index contributed by atoms with van der Waals surface area (Å²) in [7, 11) is 0. The zero-order chi connectivity index (χ0) is 15.2. The van der Waals surface area contributed by atoms with Crippen LogP contribution in [0.4, 0.5) is 0 Å². The molecule has 4 saturated carbocycles. The van der Waals surface area contributed by atoms with Gasteiger partial charge in [-0.15, -0.1) is 11.3 Å². The van der Waals surface area contributed by atoms with E-state index in [1.807, 2.05) is 11.4 Å². The zero-order valence-electron chi connectivity index (χ0n) is 12.4. The number of nitrogens with one attached hydrogen (secondary N) is 3. The van der Waals surface area contributed by atoms with Crippen LogP contribution in [0.2, 0.25) is 0 Å². The van der Waals surface area contributed by atoms with Crippen molar-refractivity contribution < 1.29 is 4.79 Å². The van der Waals surface area contributed by atoms with Gasteiger partial charge in [0, 0.05) is 5.54 Å². The molecule has 4 fully saturated rings. The molecule has 22 heavy (non-hydrogen) atoms. The Morgan fingerprint density at radius 1 is 1.14 bits per heavy atom. The third-order valence-electron chi connectivity index (χ3n) is 5.45. The number of carbonyl (C=O) groups excluding carboxylic acids is 1. The molecule has 0 aliphatic heterocycles. The number of hydrogen-bond acceptors (Lipinski definition) is 3. The van der Waals surface area contributed by atoms with Crippen molar-refractivity contribution in [3.05, 3.63) is 22.4 Å². The van der Waals surface area contributed by atoms with Gasteiger partial charge in [0.2, 0.25) is 0 Å². The Bertz CT molecular complexity index is 549. The van der Waals surface area contributed by atoms with Gasteiger partial charge in [0.15, 0.2) is 5.11 Å². The summed E-state index contributed by atoms with van der Waals surface area (Å²) in [5.41, 5.74) is 5.73. The van der Waals surface area contributed by atoms with Crippen molar-refractivity contribution in [1.82, 2.24) is 16.2 Å². The van der Waals surface area contributed by atoms with Gasteiger partial charge in [-0.3, -0.25) is 15.6 Å². The van der Waals surface area contributed by atoms with Crippen LogP contribution in [-0.2, 0) is 0 Å². The fraction of sp³-hybridized carbons (Fsp3) is 0.625. The van der Waals surface area contributed by atoms with E-state index in [0.29, 0.717) is 9.99 Å². The molecule has 0 saturated heterocycles. The fourth-order valence-electron chi connectivity index (χ4n) is 5.12. The predicted octanol–water partition coefficient (Wildman–Crippen LogP) is 2.83. The molecule has 5 rings (SSSR count). The van der Waals surface area contributed by atoms with Crippen molar-refractivity contribution in [1.29, 1.82) is 0 Å². The van der Waals surface area contributed by atoms with Gasteiger partial charge in [-0.2, -0.15) is 0 Å². The Morgan fingerprint density at radius 3 is 2.32 bits per heavy atom. The van der Waals surface area contributed by atoms with Crippen LogP contribution in [0.1, 0.15) is 48.2 Å². The summed E-state index contributed by atoms with van der Waals surface area (Å²) in [6, 6.07) is 3.67. The summed E-state index contributed by atoms with van der Waals surface area (Å²) in [5, 5.41) is 5.97. The highest BCUT2D eigenvalue weighted by molar-refractivity contribution is 7.80. The highest BCUT2D eigenvalue weighted by Gasteiger charge is 2.51. The molecule has 0 radical (unpaired) electrons. The van der Waals surface area contributed by atoms with Gasteiger partial charge in [0.1, 0.15) is 0 Å². The van der Waals surface area contributed by atoms with Crippen LogP contribution in [0.15, 0.2) is 17.5 Å². The first-order valence-electron chi connectivity index (χ1n) is 8.04. The molecule has 1 aromatic rings. The standard InChI is InChI=1S/C16H21N3OS2/c20-14(13-2-1-3-22-13)18-19-15(21)17-16-7-10-4-11(8-16)6-12(5-10)9-16/h1-3,10-12H,4-9H2,(H,18,20)(H2,17,19,21). The zero-order valence-corrected chi connectivity index (χ0v) is 14.1. The SMILES string of the molecule is O=C(NNC(=S)NC12CC3CC(CC(C3)C1)C2)c1cccs1. The van der Waals surface area contributed by atoms with E-state index in [9.17, 15) is 4.79 Å². The second-order valence-electron chi connectivity index (χ2n) is 7.21. The maximum absolute atomic E-state index is 11.9. The molecule has 0 atom stereocenters. The second kappa shape index (κ2) is 5.49. The quantitative estimate of drug-likeness (QED) is 0.575.